The molecular formula is C21H40N2O4. The van der Waals surface area contributed by atoms with Crippen molar-refractivity contribution < 1.29 is 19.4 Å². The highest BCUT2D eigenvalue weighted by Crippen LogP contribution is 2.59. The van der Waals surface area contributed by atoms with Crippen LogP contribution in [-0.2, 0) is 9.47 Å². The van der Waals surface area contributed by atoms with Crippen LogP contribution in [0.5, 0.6) is 0 Å². The molecule has 8 atom stereocenters. The number of ether oxygens (including phenoxy) is 2. The van der Waals surface area contributed by atoms with E-state index in [-0.39, 0.29) is 41.5 Å². The van der Waals surface area contributed by atoms with Gasteiger partial charge in [0.2, 0.25) is 0 Å². The highest BCUT2D eigenvalue weighted by Gasteiger charge is 2.67. The molecule has 0 aromatic heterocycles. The molecule has 1 aliphatic carbocycles. The van der Waals surface area contributed by atoms with Gasteiger partial charge in [0.1, 0.15) is 6.10 Å². The summed E-state index contributed by atoms with van der Waals surface area (Å²) in [4.78, 5) is 11.8. The molecule has 2 aliphatic rings. The number of nitrogens with one attached hydrogen (secondary N) is 1. The van der Waals surface area contributed by atoms with Crippen LogP contribution in [0.15, 0.2) is 0 Å². The Morgan fingerprint density at radius 1 is 1.33 bits per heavy atom. The van der Waals surface area contributed by atoms with Crippen LogP contribution in [-0.4, -0.2) is 48.2 Å². The minimum absolute atomic E-state index is 0.122. The molecule has 0 bridgehead atoms. The maximum atomic E-state index is 11.8. The lowest BCUT2D eigenvalue weighted by atomic mass is 9.60. The highest BCUT2D eigenvalue weighted by molar-refractivity contribution is 5.66. The predicted molar refractivity (Wildman–Crippen MR) is 106 cm³/mol. The summed E-state index contributed by atoms with van der Waals surface area (Å²) in [6.45, 7) is 12.7. The van der Waals surface area contributed by atoms with Crippen LogP contribution in [0.2, 0.25) is 0 Å². The van der Waals surface area contributed by atoms with E-state index in [1.165, 1.54) is 0 Å². The zero-order valence-corrected chi connectivity index (χ0v) is 18.1. The Labute approximate surface area is 164 Å². The van der Waals surface area contributed by atoms with Crippen LogP contribution in [0.25, 0.3) is 0 Å². The number of nitrogens with two attached hydrogens (primary N) is 1. The maximum Gasteiger partial charge on any atom is 0.407 e. The quantitative estimate of drug-likeness (QED) is 0.654. The molecule has 1 saturated carbocycles. The summed E-state index contributed by atoms with van der Waals surface area (Å²) in [5.41, 5.74) is 6.09. The molecule has 0 spiro atoms. The van der Waals surface area contributed by atoms with Crippen molar-refractivity contribution in [3.05, 3.63) is 0 Å². The fourth-order valence-electron chi connectivity index (χ4n) is 5.61. The first-order valence-electron chi connectivity index (χ1n) is 10.6. The first-order chi connectivity index (χ1) is 12.6. The van der Waals surface area contributed by atoms with Crippen molar-refractivity contribution in [1.29, 1.82) is 0 Å². The summed E-state index contributed by atoms with van der Waals surface area (Å²) < 4.78 is 12.0. The number of aliphatic hydroxyl groups excluding tert-OH is 1. The van der Waals surface area contributed by atoms with E-state index in [9.17, 15) is 9.90 Å². The van der Waals surface area contributed by atoms with Gasteiger partial charge in [0.05, 0.1) is 23.9 Å². The Kier molecular flexibility index (Phi) is 6.86. The molecule has 1 saturated heterocycles. The van der Waals surface area contributed by atoms with E-state index in [2.05, 4.69) is 33.0 Å². The number of hydrogen-bond acceptors (Lipinski definition) is 5. The molecule has 0 radical (unpaired) electrons. The monoisotopic (exact) mass is 384 g/mol. The number of carbonyl (C=O) groups excluding carboxylic acids is 1. The minimum Gasteiger partial charge on any atom is -0.443 e. The lowest BCUT2D eigenvalue weighted by Crippen LogP contribution is -2.62. The standard InChI is InChI=1S/C21H40N2O4/c1-8-13(5)21(22)18(24)17-14(20(21,6)9-2)10-11-15(26-17)16(12(3)4)27-19(25)23-7/h12-18,24H,8-11,22H2,1-7H3,(H,23,25). The van der Waals surface area contributed by atoms with Gasteiger partial charge in [0, 0.05) is 7.05 Å². The van der Waals surface area contributed by atoms with E-state index in [0.29, 0.717) is 0 Å². The van der Waals surface area contributed by atoms with Gasteiger partial charge in [0.25, 0.3) is 0 Å². The molecule has 158 valence electrons. The van der Waals surface area contributed by atoms with Gasteiger partial charge in [-0.1, -0.05) is 48.0 Å². The molecule has 1 heterocycles. The normalized spacial score (nSPS) is 41.1. The number of rotatable bonds is 6. The van der Waals surface area contributed by atoms with Crippen molar-refractivity contribution in [3.8, 4) is 0 Å². The van der Waals surface area contributed by atoms with Crippen LogP contribution >= 0.6 is 0 Å². The number of aliphatic hydroxyl groups is 1. The van der Waals surface area contributed by atoms with Gasteiger partial charge in [-0.2, -0.15) is 0 Å². The Balaban J connectivity index is 2.30. The van der Waals surface area contributed by atoms with E-state index in [4.69, 9.17) is 15.2 Å². The first-order valence-corrected chi connectivity index (χ1v) is 10.6. The zero-order valence-electron chi connectivity index (χ0n) is 18.1. The third-order valence-electron chi connectivity index (χ3n) is 7.73. The van der Waals surface area contributed by atoms with Crippen molar-refractivity contribution in [3.63, 3.8) is 0 Å². The SMILES string of the molecule is CCC(C)C1(N)C(O)C2OC(C(OC(=O)NC)C(C)C)CCC2C1(C)CC. The van der Waals surface area contributed by atoms with E-state index < -0.39 is 17.7 Å². The fraction of sp³-hybridized carbons (Fsp3) is 0.952. The highest BCUT2D eigenvalue weighted by atomic mass is 16.6. The molecule has 6 heteroatoms. The van der Waals surface area contributed by atoms with Crippen molar-refractivity contribution in [2.45, 2.75) is 97.2 Å². The first kappa shape index (κ1) is 22.4. The lowest BCUT2D eigenvalue weighted by molar-refractivity contribution is -0.163. The van der Waals surface area contributed by atoms with Gasteiger partial charge in [-0.25, -0.2) is 4.79 Å². The van der Waals surface area contributed by atoms with Gasteiger partial charge in [-0.15, -0.1) is 0 Å². The maximum absolute atomic E-state index is 11.8. The van der Waals surface area contributed by atoms with Gasteiger partial charge in [0.15, 0.2) is 0 Å². The molecule has 0 aromatic rings. The van der Waals surface area contributed by atoms with Crippen LogP contribution in [0.1, 0.15) is 67.2 Å². The molecule has 4 N–H and O–H groups in total. The van der Waals surface area contributed by atoms with Crippen LogP contribution < -0.4 is 11.1 Å². The molecule has 2 fully saturated rings. The predicted octanol–water partition coefficient (Wildman–Crippen LogP) is 3.07. The van der Waals surface area contributed by atoms with Crippen molar-refractivity contribution in [1.82, 2.24) is 5.32 Å². The lowest BCUT2D eigenvalue weighted by Gasteiger charge is -2.48. The summed E-state index contributed by atoms with van der Waals surface area (Å²) >= 11 is 0. The second-order valence-electron chi connectivity index (χ2n) is 9.15. The zero-order chi connectivity index (χ0) is 20.6. The number of fused-ring (bicyclic) bond motifs is 1. The van der Waals surface area contributed by atoms with Gasteiger partial charge in [-0.05, 0) is 42.4 Å². The van der Waals surface area contributed by atoms with E-state index >= 15 is 0 Å². The Hall–Kier alpha value is -0.850. The van der Waals surface area contributed by atoms with Crippen LogP contribution in [0.4, 0.5) is 4.79 Å². The molecule has 8 unspecified atom stereocenters. The smallest absolute Gasteiger partial charge is 0.407 e. The van der Waals surface area contributed by atoms with Gasteiger partial charge in [-0.3, -0.25) is 0 Å². The van der Waals surface area contributed by atoms with Crippen LogP contribution in [0.3, 0.4) is 0 Å². The Morgan fingerprint density at radius 2 is 1.96 bits per heavy atom. The Bertz CT molecular complexity index is 528. The molecule has 2 rings (SSSR count). The van der Waals surface area contributed by atoms with Gasteiger partial charge >= 0.3 is 6.09 Å². The number of carbonyl (C=O) groups is 1. The second-order valence-corrected chi connectivity index (χ2v) is 9.15. The van der Waals surface area contributed by atoms with E-state index in [0.717, 1.165) is 25.7 Å². The summed E-state index contributed by atoms with van der Waals surface area (Å²) in [5, 5.41) is 13.8. The summed E-state index contributed by atoms with van der Waals surface area (Å²) in [6.07, 6.45) is 1.49. The average molecular weight is 385 g/mol. The fourth-order valence-corrected chi connectivity index (χ4v) is 5.61. The molecule has 0 aromatic carbocycles. The molecule has 6 nitrogen and oxygen atoms in total. The van der Waals surface area contributed by atoms with E-state index in [1.807, 2.05) is 13.8 Å². The minimum atomic E-state index is -0.724. The van der Waals surface area contributed by atoms with Crippen molar-refractivity contribution in [2.75, 3.05) is 7.05 Å². The third kappa shape index (κ3) is 3.49. The topological polar surface area (TPSA) is 93.8 Å². The van der Waals surface area contributed by atoms with Crippen molar-refractivity contribution >= 4 is 6.09 Å². The van der Waals surface area contributed by atoms with Gasteiger partial charge < -0.3 is 25.6 Å². The van der Waals surface area contributed by atoms with E-state index in [1.54, 1.807) is 7.05 Å². The number of hydrogen-bond donors (Lipinski definition) is 3. The summed E-state index contributed by atoms with van der Waals surface area (Å²) in [6, 6.07) is 0. The molecule has 1 aliphatic heterocycles. The largest absolute Gasteiger partial charge is 0.443 e. The molecular weight excluding hydrogens is 344 g/mol. The second kappa shape index (κ2) is 8.26. The summed E-state index contributed by atoms with van der Waals surface area (Å²) in [7, 11) is 1.56. The third-order valence-corrected chi connectivity index (χ3v) is 7.73. The van der Waals surface area contributed by atoms with Crippen LogP contribution in [0, 0.1) is 23.2 Å². The molecule has 27 heavy (non-hydrogen) atoms. The Morgan fingerprint density at radius 3 is 2.44 bits per heavy atom. The average Bonchev–Trinajstić information content (AvgIpc) is 2.84. The number of alkyl carbamates (subject to hydrolysis) is 1. The number of amides is 1. The summed E-state index contributed by atoms with van der Waals surface area (Å²) in [5.74, 6) is 0.519. The molecule has 1 amide bonds. The van der Waals surface area contributed by atoms with Crippen molar-refractivity contribution in [2.24, 2.45) is 28.9 Å².